The number of phenolic OH excluding ortho intramolecular Hbond substituents is 1. The summed E-state index contributed by atoms with van der Waals surface area (Å²) in [4.78, 5) is 0. The van der Waals surface area contributed by atoms with Crippen LogP contribution in [0.1, 0.15) is 11.1 Å². The number of nitrogens with two attached hydrogens (primary N) is 1. The van der Waals surface area contributed by atoms with E-state index in [2.05, 4.69) is 22.7 Å². The van der Waals surface area contributed by atoms with Gasteiger partial charge in [0.05, 0.1) is 6.21 Å². The van der Waals surface area contributed by atoms with Gasteiger partial charge in [-0.3, -0.25) is 5.43 Å². The molecule has 0 aliphatic rings. The maximum atomic E-state index is 9.47. The highest BCUT2D eigenvalue weighted by Crippen LogP contribution is 2.15. The van der Waals surface area contributed by atoms with E-state index in [0.717, 1.165) is 5.56 Å². The SMILES string of the molecule is Cc1ccc(/C=N\NC(N)=S)c(O)c1. The summed E-state index contributed by atoms with van der Waals surface area (Å²) in [5.41, 5.74) is 9.16. The standard InChI is InChI=1S/C9H11N3OS/c1-6-2-3-7(8(13)4-6)5-11-12-9(10)14/h2-5,13H,1H3,(H3,10,12,14)/b11-5-. The lowest BCUT2D eigenvalue weighted by Gasteiger charge is -1.99. The Morgan fingerprint density at radius 3 is 2.93 bits per heavy atom. The molecule has 1 rings (SSSR count). The molecule has 1 aromatic rings. The zero-order valence-electron chi connectivity index (χ0n) is 7.69. The zero-order chi connectivity index (χ0) is 10.6. The van der Waals surface area contributed by atoms with Crippen molar-refractivity contribution in [2.45, 2.75) is 6.92 Å². The van der Waals surface area contributed by atoms with Gasteiger partial charge in [-0.1, -0.05) is 6.07 Å². The van der Waals surface area contributed by atoms with Gasteiger partial charge in [0.25, 0.3) is 0 Å². The second-order valence-corrected chi connectivity index (χ2v) is 3.24. The zero-order valence-corrected chi connectivity index (χ0v) is 8.51. The number of nitrogens with one attached hydrogen (secondary N) is 1. The third-order valence-electron chi connectivity index (χ3n) is 1.56. The molecule has 0 aliphatic heterocycles. The van der Waals surface area contributed by atoms with Crippen LogP contribution in [0.5, 0.6) is 5.75 Å². The summed E-state index contributed by atoms with van der Waals surface area (Å²) >= 11 is 4.55. The minimum Gasteiger partial charge on any atom is -0.507 e. The van der Waals surface area contributed by atoms with Gasteiger partial charge in [-0.05, 0) is 36.8 Å². The van der Waals surface area contributed by atoms with Crippen LogP contribution in [0, 0.1) is 6.92 Å². The molecule has 0 amide bonds. The molecule has 4 nitrogen and oxygen atoms in total. The van der Waals surface area contributed by atoms with Crippen molar-refractivity contribution in [3.05, 3.63) is 29.3 Å². The lowest BCUT2D eigenvalue weighted by atomic mass is 10.1. The molecule has 0 bridgehead atoms. The first kappa shape index (κ1) is 10.5. The number of aryl methyl sites for hydroxylation is 1. The van der Waals surface area contributed by atoms with E-state index in [1.54, 1.807) is 12.1 Å². The Balaban J connectivity index is 2.76. The molecule has 0 atom stereocenters. The fraction of sp³-hybridized carbons (Fsp3) is 0.111. The van der Waals surface area contributed by atoms with Crippen molar-refractivity contribution in [2.24, 2.45) is 10.8 Å². The van der Waals surface area contributed by atoms with Crippen molar-refractivity contribution >= 4 is 23.5 Å². The molecular formula is C9H11N3OS. The van der Waals surface area contributed by atoms with Crippen LogP contribution < -0.4 is 11.2 Å². The molecular weight excluding hydrogens is 198 g/mol. The Kier molecular flexibility index (Phi) is 3.41. The Morgan fingerprint density at radius 1 is 1.64 bits per heavy atom. The van der Waals surface area contributed by atoms with Crippen molar-refractivity contribution in [3.63, 3.8) is 0 Å². The molecule has 0 saturated carbocycles. The average molecular weight is 209 g/mol. The minimum atomic E-state index is 0.0906. The first-order valence-electron chi connectivity index (χ1n) is 3.97. The molecule has 74 valence electrons. The maximum absolute atomic E-state index is 9.47. The van der Waals surface area contributed by atoms with Crippen LogP contribution in [-0.4, -0.2) is 16.4 Å². The fourth-order valence-corrected chi connectivity index (χ4v) is 0.981. The summed E-state index contributed by atoms with van der Waals surface area (Å²) in [5, 5.41) is 13.3. The predicted octanol–water partition coefficient (Wildman–Crippen LogP) is 0.868. The lowest BCUT2D eigenvalue weighted by molar-refractivity contribution is 0.474. The summed E-state index contributed by atoms with van der Waals surface area (Å²) in [7, 11) is 0. The van der Waals surface area contributed by atoms with Crippen molar-refractivity contribution < 1.29 is 5.11 Å². The molecule has 0 aliphatic carbocycles. The van der Waals surface area contributed by atoms with Crippen LogP contribution in [0.3, 0.4) is 0 Å². The normalized spacial score (nSPS) is 10.4. The summed E-state index contributed by atoms with van der Waals surface area (Å²) in [6, 6.07) is 5.29. The molecule has 1 aromatic carbocycles. The van der Waals surface area contributed by atoms with Gasteiger partial charge in [0.1, 0.15) is 5.75 Å². The molecule has 0 unspecified atom stereocenters. The third-order valence-corrected chi connectivity index (χ3v) is 1.66. The van der Waals surface area contributed by atoms with Crippen LogP contribution in [0.15, 0.2) is 23.3 Å². The van der Waals surface area contributed by atoms with Gasteiger partial charge >= 0.3 is 0 Å². The molecule has 0 aromatic heterocycles. The highest BCUT2D eigenvalue weighted by atomic mass is 32.1. The van der Waals surface area contributed by atoms with Crippen molar-refractivity contribution in [3.8, 4) is 5.75 Å². The average Bonchev–Trinajstić information content (AvgIpc) is 2.08. The predicted molar refractivity (Wildman–Crippen MR) is 60.4 cm³/mol. The van der Waals surface area contributed by atoms with Gasteiger partial charge < -0.3 is 10.8 Å². The van der Waals surface area contributed by atoms with Crippen LogP contribution in [0.25, 0.3) is 0 Å². The van der Waals surface area contributed by atoms with E-state index in [0.29, 0.717) is 5.56 Å². The van der Waals surface area contributed by atoms with E-state index in [9.17, 15) is 5.11 Å². The van der Waals surface area contributed by atoms with E-state index in [1.807, 2.05) is 13.0 Å². The highest BCUT2D eigenvalue weighted by molar-refractivity contribution is 7.80. The van der Waals surface area contributed by atoms with E-state index in [-0.39, 0.29) is 10.9 Å². The largest absolute Gasteiger partial charge is 0.507 e. The first-order chi connectivity index (χ1) is 6.59. The maximum Gasteiger partial charge on any atom is 0.184 e. The molecule has 5 heteroatoms. The summed E-state index contributed by atoms with van der Waals surface area (Å²) in [6.45, 7) is 1.90. The molecule has 14 heavy (non-hydrogen) atoms. The van der Waals surface area contributed by atoms with Gasteiger partial charge in [0, 0.05) is 5.56 Å². The lowest BCUT2D eigenvalue weighted by Crippen LogP contribution is -2.23. The Bertz CT molecular complexity index is 376. The number of aromatic hydroxyl groups is 1. The first-order valence-corrected chi connectivity index (χ1v) is 4.38. The monoisotopic (exact) mass is 209 g/mol. The van der Waals surface area contributed by atoms with E-state index in [4.69, 9.17) is 5.73 Å². The van der Waals surface area contributed by atoms with Gasteiger partial charge in [0.15, 0.2) is 5.11 Å². The number of benzene rings is 1. The summed E-state index contributed by atoms with van der Waals surface area (Å²) in [5.74, 6) is 0.179. The second-order valence-electron chi connectivity index (χ2n) is 2.80. The number of hydrogen-bond donors (Lipinski definition) is 3. The minimum absolute atomic E-state index is 0.0906. The highest BCUT2D eigenvalue weighted by Gasteiger charge is 1.96. The molecule has 0 heterocycles. The van der Waals surface area contributed by atoms with E-state index < -0.39 is 0 Å². The van der Waals surface area contributed by atoms with Gasteiger partial charge in [-0.2, -0.15) is 5.10 Å². The van der Waals surface area contributed by atoms with Crippen LogP contribution >= 0.6 is 12.2 Å². The van der Waals surface area contributed by atoms with Crippen LogP contribution in [0.2, 0.25) is 0 Å². The Morgan fingerprint density at radius 2 is 2.36 bits per heavy atom. The molecule has 0 spiro atoms. The molecule has 4 N–H and O–H groups in total. The van der Waals surface area contributed by atoms with Crippen molar-refractivity contribution in [2.75, 3.05) is 0 Å². The number of hydrogen-bond acceptors (Lipinski definition) is 3. The van der Waals surface area contributed by atoms with Crippen LogP contribution in [-0.2, 0) is 0 Å². The van der Waals surface area contributed by atoms with Gasteiger partial charge in [-0.15, -0.1) is 0 Å². The van der Waals surface area contributed by atoms with Gasteiger partial charge in [0.2, 0.25) is 0 Å². The van der Waals surface area contributed by atoms with E-state index >= 15 is 0 Å². The van der Waals surface area contributed by atoms with Crippen molar-refractivity contribution in [1.82, 2.24) is 5.43 Å². The van der Waals surface area contributed by atoms with E-state index in [1.165, 1.54) is 6.21 Å². The number of nitrogens with zero attached hydrogens (tertiary/aromatic N) is 1. The van der Waals surface area contributed by atoms with Gasteiger partial charge in [-0.25, -0.2) is 0 Å². The smallest absolute Gasteiger partial charge is 0.184 e. The molecule has 0 fully saturated rings. The number of phenols is 1. The number of thiocarbonyl (C=S) groups is 1. The number of rotatable bonds is 2. The molecule has 0 radical (unpaired) electrons. The molecule has 0 saturated heterocycles. The Labute approximate surface area is 87.4 Å². The second kappa shape index (κ2) is 4.57. The van der Waals surface area contributed by atoms with Crippen molar-refractivity contribution in [1.29, 1.82) is 0 Å². The quantitative estimate of drug-likeness (QED) is 0.384. The summed E-state index contributed by atoms with van der Waals surface area (Å²) in [6.07, 6.45) is 1.45. The summed E-state index contributed by atoms with van der Waals surface area (Å²) < 4.78 is 0. The number of hydrazone groups is 1. The third kappa shape index (κ3) is 3.02. The topological polar surface area (TPSA) is 70.6 Å². The fourth-order valence-electron chi connectivity index (χ4n) is 0.928. The Hall–Kier alpha value is -1.62. The van der Waals surface area contributed by atoms with Crippen LogP contribution in [0.4, 0.5) is 0 Å².